The van der Waals surface area contributed by atoms with Gasteiger partial charge < -0.3 is 15.8 Å². The molecule has 0 bridgehead atoms. The molecule has 0 aliphatic carbocycles. The summed E-state index contributed by atoms with van der Waals surface area (Å²) in [6.45, 7) is 6.08. The SMILES string of the molecule is CCNC(=O)C(C)Oc1ccc(Cl)cc1CC(C)N. The van der Waals surface area contributed by atoms with Crippen LogP contribution in [0.2, 0.25) is 5.02 Å². The lowest BCUT2D eigenvalue weighted by Gasteiger charge is -2.18. The summed E-state index contributed by atoms with van der Waals surface area (Å²) in [6.07, 6.45) is 0.103. The molecule has 19 heavy (non-hydrogen) atoms. The Morgan fingerprint density at radius 3 is 2.74 bits per heavy atom. The number of nitrogens with one attached hydrogen (secondary N) is 1. The van der Waals surface area contributed by atoms with Crippen LogP contribution in [0.4, 0.5) is 0 Å². The van der Waals surface area contributed by atoms with E-state index in [1.54, 1.807) is 19.1 Å². The lowest BCUT2D eigenvalue weighted by molar-refractivity contribution is -0.127. The summed E-state index contributed by atoms with van der Waals surface area (Å²) in [6, 6.07) is 5.34. The van der Waals surface area contributed by atoms with Gasteiger partial charge in [0.2, 0.25) is 0 Å². The predicted molar refractivity (Wildman–Crippen MR) is 77.6 cm³/mol. The number of amides is 1. The zero-order valence-electron chi connectivity index (χ0n) is 11.6. The first kappa shape index (κ1) is 15.8. The van der Waals surface area contributed by atoms with E-state index >= 15 is 0 Å². The maximum atomic E-state index is 11.7. The molecule has 1 aromatic rings. The van der Waals surface area contributed by atoms with E-state index in [1.807, 2.05) is 19.9 Å². The van der Waals surface area contributed by atoms with Crippen LogP contribution in [-0.2, 0) is 11.2 Å². The Balaban J connectivity index is 2.84. The summed E-state index contributed by atoms with van der Waals surface area (Å²) in [5, 5.41) is 3.36. The number of ether oxygens (including phenoxy) is 1. The molecule has 0 aromatic heterocycles. The summed E-state index contributed by atoms with van der Waals surface area (Å²) < 4.78 is 5.69. The number of hydrogen-bond acceptors (Lipinski definition) is 3. The van der Waals surface area contributed by atoms with Crippen LogP contribution < -0.4 is 15.8 Å². The number of rotatable bonds is 6. The molecule has 1 aromatic carbocycles. The Kier molecular flexibility index (Phi) is 6.12. The molecule has 106 valence electrons. The number of halogens is 1. The maximum absolute atomic E-state index is 11.7. The number of hydrogen-bond donors (Lipinski definition) is 2. The van der Waals surface area contributed by atoms with Crippen molar-refractivity contribution in [3.05, 3.63) is 28.8 Å². The highest BCUT2D eigenvalue weighted by Gasteiger charge is 2.16. The number of likely N-dealkylation sites (N-methyl/N-ethyl adjacent to an activating group) is 1. The molecule has 4 nitrogen and oxygen atoms in total. The first-order valence-corrected chi connectivity index (χ1v) is 6.80. The van der Waals surface area contributed by atoms with Gasteiger partial charge in [0.1, 0.15) is 5.75 Å². The highest BCUT2D eigenvalue weighted by molar-refractivity contribution is 6.30. The molecule has 3 N–H and O–H groups in total. The number of benzene rings is 1. The van der Waals surface area contributed by atoms with Gasteiger partial charge in [0.05, 0.1) is 0 Å². The normalized spacial score (nSPS) is 13.7. The van der Waals surface area contributed by atoms with Gasteiger partial charge in [0, 0.05) is 17.6 Å². The molecule has 0 spiro atoms. The van der Waals surface area contributed by atoms with Gasteiger partial charge in [0.25, 0.3) is 5.91 Å². The van der Waals surface area contributed by atoms with Crippen molar-refractivity contribution in [3.8, 4) is 5.75 Å². The second-order valence-electron chi connectivity index (χ2n) is 4.59. The molecule has 0 aliphatic rings. The molecule has 0 fully saturated rings. The van der Waals surface area contributed by atoms with E-state index in [4.69, 9.17) is 22.1 Å². The molecule has 1 rings (SSSR count). The van der Waals surface area contributed by atoms with Gasteiger partial charge in [-0.3, -0.25) is 4.79 Å². The topological polar surface area (TPSA) is 64.3 Å². The van der Waals surface area contributed by atoms with E-state index in [0.29, 0.717) is 23.7 Å². The first-order chi connectivity index (χ1) is 8.93. The van der Waals surface area contributed by atoms with Crippen molar-refractivity contribution in [1.29, 1.82) is 0 Å². The van der Waals surface area contributed by atoms with E-state index in [0.717, 1.165) is 5.56 Å². The van der Waals surface area contributed by atoms with Crippen molar-refractivity contribution in [2.45, 2.75) is 39.3 Å². The van der Waals surface area contributed by atoms with Gasteiger partial charge in [0.15, 0.2) is 6.10 Å². The fourth-order valence-electron chi connectivity index (χ4n) is 1.73. The lowest BCUT2D eigenvalue weighted by atomic mass is 10.1. The van der Waals surface area contributed by atoms with Gasteiger partial charge in [-0.05, 0) is 51.0 Å². The smallest absolute Gasteiger partial charge is 0.260 e. The Morgan fingerprint density at radius 2 is 2.16 bits per heavy atom. The van der Waals surface area contributed by atoms with Crippen LogP contribution in [0.25, 0.3) is 0 Å². The molecule has 2 atom stereocenters. The lowest BCUT2D eigenvalue weighted by Crippen LogP contribution is -2.36. The van der Waals surface area contributed by atoms with Crippen molar-refractivity contribution >= 4 is 17.5 Å². The standard InChI is InChI=1S/C14H21ClN2O2/c1-4-17-14(18)10(3)19-13-6-5-12(15)8-11(13)7-9(2)16/h5-6,8-10H,4,7,16H2,1-3H3,(H,17,18). The fourth-order valence-corrected chi connectivity index (χ4v) is 1.93. The quantitative estimate of drug-likeness (QED) is 0.841. The third-order valence-electron chi connectivity index (χ3n) is 2.59. The van der Waals surface area contributed by atoms with Gasteiger partial charge in [-0.2, -0.15) is 0 Å². The average molecular weight is 285 g/mol. The third-order valence-corrected chi connectivity index (χ3v) is 2.82. The van der Waals surface area contributed by atoms with Gasteiger partial charge in [-0.1, -0.05) is 11.6 Å². The molecule has 0 aliphatic heterocycles. The van der Waals surface area contributed by atoms with Crippen LogP contribution in [-0.4, -0.2) is 24.6 Å². The van der Waals surface area contributed by atoms with Crippen LogP contribution >= 0.6 is 11.6 Å². The molecule has 5 heteroatoms. The van der Waals surface area contributed by atoms with Crippen molar-refractivity contribution < 1.29 is 9.53 Å². The van der Waals surface area contributed by atoms with E-state index in [-0.39, 0.29) is 11.9 Å². The number of nitrogens with two attached hydrogens (primary N) is 1. The van der Waals surface area contributed by atoms with Crippen molar-refractivity contribution in [3.63, 3.8) is 0 Å². The Hall–Kier alpha value is -1.26. The number of carbonyl (C=O) groups excluding carboxylic acids is 1. The highest BCUT2D eigenvalue weighted by atomic mass is 35.5. The molecular weight excluding hydrogens is 264 g/mol. The molecule has 0 radical (unpaired) electrons. The average Bonchev–Trinajstić information content (AvgIpc) is 2.32. The summed E-state index contributed by atoms with van der Waals surface area (Å²) in [5.74, 6) is 0.518. The van der Waals surface area contributed by atoms with Gasteiger partial charge >= 0.3 is 0 Å². The van der Waals surface area contributed by atoms with Crippen molar-refractivity contribution in [1.82, 2.24) is 5.32 Å². The molecule has 0 saturated heterocycles. The van der Waals surface area contributed by atoms with E-state index < -0.39 is 6.10 Å². The van der Waals surface area contributed by atoms with Crippen LogP contribution in [0.1, 0.15) is 26.3 Å². The van der Waals surface area contributed by atoms with Gasteiger partial charge in [-0.15, -0.1) is 0 Å². The molecule has 0 heterocycles. The zero-order chi connectivity index (χ0) is 14.4. The van der Waals surface area contributed by atoms with E-state index in [9.17, 15) is 4.79 Å². The minimum absolute atomic E-state index is 0.000547. The minimum Gasteiger partial charge on any atom is -0.481 e. The van der Waals surface area contributed by atoms with Crippen LogP contribution in [0, 0.1) is 0 Å². The second-order valence-corrected chi connectivity index (χ2v) is 5.02. The molecule has 0 saturated carbocycles. The Labute approximate surface area is 119 Å². The van der Waals surface area contributed by atoms with Crippen LogP contribution in [0.15, 0.2) is 18.2 Å². The molecular formula is C14H21ClN2O2. The second kappa shape index (κ2) is 7.36. The largest absolute Gasteiger partial charge is 0.481 e. The Morgan fingerprint density at radius 1 is 1.47 bits per heavy atom. The van der Waals surface area contributed by atoms with Gasteiger partial charge in [-0.25, -0.2) is 0 Å². The highest BCUT2D eigenvalue weighted by Crippen LogP contribution is 2.25. The fraction of sp³-hybridized carbons (Fsp3) is 0.500. The van der Waals surface area contributed by atoms with Crippen molar-refractivity contribution in [2.75, 3.05) is 6.54 Å². The predicted octanol–water partition coefficient (Wildman–Crippen LogP) is 2.13. The summed E-state index contributed by atoms with van der Waals surface area (Å²) in [7, 11) is 0. The van der Waals surface area contributed by atoms with Crippen LogP contribution in [0.5, 0.6) is 5.75 Å². The van der Waals surface area contributed by atoms with Crippen molar-refractivity contribution in [2.24, 2.45) is 5.73 Å². The third kappa shape index (κ3) is 5.09. The summed E-state index contributed by atoms with van der Waals surface area (Å²) in [5.41, 5.74) is 6.72. The monoisotopic (exact) mass is 284 g/mol. The summed E-state index contributed by atoms with van der Waals surface area (Å²) in [4.78, 5) is 11.7. The van der Waals surface area contributed by atoms with Crippen LogP contribution in [0.3, 0.4) is 0 Å². The summed E-state index contributed by atoms with van der Waals surface area (Å²) >= 11 is 5.97. The van der Waals surface area contributed by atoms with E-state index in [1.165, 1.54) is 0 Å². The first-order valence-electron chi connectivity index (χ1n) is 6.42. The molecule has 2 unspecified atom stereocenters. The maximum Gasteiger partial charge on any atom is 0.260 e. The number of carbonyl (C=O) groups is 1. The zero-order valence-corrected chi connectivity index (χ0v) is 12.3. The minimum atomic E-state index is -0.548. The molecule has 1 amide bonds. The Bertz CT molecular complexity index is 435. The van der Waals surface area contributed by atoms with E-state index in [2.05, 4.69) is 5.32 Å².